The first-order valence-corrected chi connectivity index (χ1v) is 17.6. The van der Waals surface area contributed by atoms with Gasteiger partial charge in [0.1, 0.15) is 24.3 Å². The lowest BCUT2D eigenvalue weighted by Crippen LogP contribution is -2.46. The van der Waals surface area contributed by atoms with Gasteiger partial charge in [-0.2, -0.15) is 0 Å². The molecule has 2 aliphatic heterocycles. The third-order valence-electron chi connectivity index (χ3n) is 9.76. The van der Waals surface area contributed by atoms with Gasteiger partial charge in [0, 0.05) is 24.0 Å². The molecule has 2 N–H and O–H groups in total. The molecule has 0 radical (unpaired) electrons. The number of benzene rings is 6. The molecule has 8 rings (SSSR count). The van der Waals surface area contributed by atoms with Gasteiger partial charge in [0.2, 0.25) is 0 Å². The third-order valence-corrected chi connectivity index (χ3v) is 9.76. The summed E-state index contributed by atoms with van der Waals surface area (Å²) < 4.78 is 0. The average Bonchev–Trinajstić information content (AvgIpc) is 3.19. The average molecular weight is 664 g/mol. The quantitative estimate of drug-likeness (QED) is 0.179. The van der Waals surface area contributed by atoms with Crippen molar-refractivity contribution in [2.24, 2.45) is 9.98 Å². The molecule has 0 aliphatic carbocycles. The molecule has 0 aromatic heterocycles. The Bertz CT molecular complexity index is 2220. The van der Waals surface area contributed by atoms with Gasteiger partial charge >= 0.3 is 0 Å². The molecule has 0 amide bonds. The van der Waals surface area contributed by atoms with Gasteiger partial charge in [-0.25, -0.2) is 4.99 Å². The van der Waals surface area contributed by atoms with Crippen molar-refractivity contribution < 1.29 is 0 Å². The summed E-state index contributed by atoms with van der Waals surface area (Å²) in [4.78, 5) is 12.4. The van der Waals surface area contributed by atoms with E-state index in [1.54, 1.807) is 0 Å². The predicted octanol–water partition coefficient (Wildman–Crippen LogP) is 10.3. The Morgan fingerprint density at radius 2 is 0.941 bits per heavy atom. The van der Waals surface area contributed by atoms with E-state index in [9.17, 15) is 0 Å². The Labute approximate surface area is 300 Å². The lowest BCUT2D eigenvalue weighted by molar-refractivity contribution is 0.257. The Balaban J connectivity index is 1.13. The molecule has 0 fully saturated rings. The molecule has 0 bridgehead atoms. The number of nitrogens with zero attached hydrogens (tertiary/aromatic N) is 3. The first-order chi connectivity index (χ1) is 25.0. The second kappa shape index (κ2) is 14.1. The molecular weight excluding hydrogens is 623 g/mol. The van der Waals surface area contributed by atoms with E-state index in [1.165, 1.54) is 27.8 Å². The molecule has 51 heavy (non-hydrogen) atoms. The molecule has 3 unspecified atom stereocenters. The van der Waals surface area contributed by atoms with Crippen LogP contribution in [0.25, 0.3) is 33.4 Å². The molecule has 3 atom stereocenters. The van der Waals surface area contributed by atoms with Gasteiger partial charge in [-0.15, -0.1) is 0 Å². The second-order valence-corrected chi connectivity index (χ2v) is 13.4. The fourth-order valence-electron chi connectivity index (χ4n) is 7.08. The van der Waals surface area contributed by atoms with Crippen LogP contribution in [0.15, 0.2) is 179 Å². The Hall–Kier alpha value is -6.04. The standard InChI is InChI=1S/C46H41N5/c1-31-29-32(2)48-43(47-31)38-25-19-37(20-26-38)41-15-10-16-42(30-41)46-50-44(39-23-17-35(18-24-39)33-11-6-4-7-12-33)49-45(51(46)3)40-27-21-36(22-28-40)34-13-8-5-9-14-34/h4-30,43-45,47,49H,1-3H3. The third kappa shape index (κ3) is 6.89. The predicted molar refractivity (Wildman–Crippen MR) is 211 cm³/mol. The maximum absolute atomic E-state index is 5.37. The highest BCUT2D eigenvalue weighted by molar-refractivity contribution is 6.00. The molecule has 0 saturated heterocycles. The van der Waals surface area contributed by atoms with E-state index in [2.05, 4.69) is 193 Å². The van der Waals surface area contributed by atoms with Crippen LogP contribution in [0.2, 0.25) is 0 Å². The van der Waals surface area contributed by atoms with Crippen molar-refractivity contribution in [2.45, 2.75) is 32.3 Å². The Morgan fingerprint density at radius 3 is 1.51 bits per heavy atom. The van der Waals surface area contributed by atoms with Crippen molar-refractivity contribution >= 4 is 11.5 Å². The zero-order chi connectivity index (χ0) is 34.7. The Morgan fingerprint density at radius 1 is 0.471 bits per heavy atom. The summed E-state index contributed by atoms with van der Waals surface area (Å²) >= 11 is 0. The molecule has 0 saturated carbocycles. The van der Waals surface area contributed by atoms with Crippen LogP contribution in [0.1, 0.15) is 54.6 Å². The largest absolute Gasteiger partial charge is 0.364 e. The summed E-state index contributed by atoms with van der Waals surface area (Å²) in [6, 6.07) is 56.2. The lowest BCUT2D eigenvalue weighted by atomic mass is 9.98. The van der Waals surface area contributed by atoms with Crippen molar-refractivity contribution in [3.8, 4) is 33.4 Å². The lowest BCUT2D eigenvalue weighted by Gasteiger charge is -2.39. The first-order valence-electron chi connectivity index (χ1n) is 17.6. The summed E-state index contributed by atoms with van der Waals surface area (Å²) in [6.45, 7) is 4.13. The zero-order valence-corrected chi connectivity index (χ0v) is 29.2. The highest BCUT2D eigenvalue weighted by atomic mass is 15.4. The van der Waals surface area contributed by atoms with Crippen molar-refractivity contribution in [3.63, 3.8) is 0 Å². The highest BCUT2D eigenvalue weighted by Gasteiger charge is 2.30. The first kappa shape index (κ1) is 32.2. The monoisotopic (exact) mass is 663 g/mol. The minimum atomic E-state index is -0.229. The molecule has 250 valence electrons. The van der Waals surface area contributed by atoms with Gasteiger partial charge in [0.25, 0.3) is 0 Å². The fourth-order valence-corrected chi connectivity index (χ4v) is 7.08. The zero-order valence-electron chi connectivity index (χ0n) is 29.2. The molecule has 6 aromatic rings. The van der Waals surface area contributed by atoms with Crippen molar-refractivity contribution in [2.75, 3.05) is 7.05 Å². The van der Waals surface area contributed by atoms with Gasteiger partial charge < -0.3 is 10.2 Å². The number of hydrogen-bond acceptors (Lipinski definition) is 5. The van der Waals surface area contributed by atoms with Crippen LogP contribution >= 0.6 is 0 Å². The van der Waals surface area contributed by atoms with Gasteiger partial charge in [0.15, 0.2) is 0 Å². The van der Waals surface area contributed by atoms with Gasteiger partial charge in [-0.1, -0.05) is 152 Å². The van der Waals surface area contributed by atoms with Crippen molar-refractivity contribution in [1.82, 2.24) is 15.5 Å². The summed E-state index contributed by atoms with van der Waals surface area (Å²) in [5.41, 5.74) is 13.8. The number of aliphatic imine (C=N–C) groups is 2. The van der Waals surface area contributed by atoms with E-state index >= 15 is 0 Å². The molecular formula is C46H41N5. The SMILES string of the molecule is CC1=CC(C)=NC(c2ccc(-c3cccc(C4=NC(c5ccc(-c6ccccc6)cc5)NC(c5ccc(-c6ccccc6)cc5)N4C)c3)cc2)N1. The topological polar surface area (TPSA) is 52.0 Å². The smallest absolute Gasteiger partial charge is 0.144 e. The number of hydrogen-bond donors (Lipinski definition) is 2. The van der Waals surface area contributed by atoms with E-state index < -0.39 is 0 Å². The fraction of sp³-hybridized carbons (Fsp3) is 0.130. The minimum absolute atomic E-state index is 0.0643. The molecule has 5 nitrogen and oxygen atoms in total. The molecule has 6 aromatic carbocycles. The maximum Gasteiger partial charge on any atom is 0.144 e. The van der Waals surface area contributed by atoms with E-state index in [0.717, 1.165) is 45.1 Å². The van der Waals surface area contributed by atoms with E-state index in [0.29, 0.717) is 0 Å². The molecule has 5 heteroatoms. The van der Waals surface area contributed by atoms with E-state index in [-0.39, 0.29) is 18.5 Å². The van der Waals surface area contributed by atoms with Crippen molar-refractivity contribution in [1.29, 1.82) is 0 Å². The van der Waals surface area contributed by atoms with Crippen LogP contribution in [-0.2, 0) is 0 Å². The van der Waals surface area contributed by atoms with Gasteiger partial charge in [-0.3, -0.25) is 10.3 Å². The van der Waals surface area contributed by atoms with Crippen LogP contribution in [0.3, 0.4) is 0 Å². The minimum Gasteiger partial charge on any atom is -0.364 e. The van der Waals surface area contributed by atoms with Crippen LogP contribution in [-0.4, -0.2) is 23.5 Å². The number of amidine groups is 1. The van der Waals surface area contributed by atoms with E-state index in [1.807, 2.05) is 6.92 Å². The summed E-state index contributed by atoms with van der Waals surface area (Å²) in [7, 11) is 2.13. The van der Waals surface area contributed by atoms with Crippen molar-refractivity contribution in [3.05, 3.63) is 192 Å². The van der Waals surface area contributed by atoms with Gasteiger partial charge in [0.05, 0.1) is 0 Å². The van der Waals surface area contributed by atoms with Crippen LogP contribution in [0.4, 0.5) is 0 Å². The molecule has 2 heterocycles. The van der Waals surface area contributed by atoms with Crippen LogP contribution in [0, 0.1) is 0 Å². The molecule has 2 aliphatic rings. The van der Waals surface area contributed by atoms with E-state index in [4.69, 9.17) is 9.98 Å². The highest BCUT2D eigenvalue weighted by Crippen LogP contribution is 2.34. The normalized spacial score (nSPS) is 18.7. The van der Waals surface area contributed by atoms with Gasteiger partial charge in [-0.05, 0) is 76.1 Å². The number of rotatable bonds is 7. The summed E-state index contributed by atoms with van der Waals surface area (Å²) in [5.74, 6) is 0.944. The Kier molecular flexibility index (Phi) is 8.87. The number of nitrogens with one attached hydrogen (secondary N) is 2. The second-order valence-electron chi connectivity index (χ2n) is 13.4. The van der Waals surface area contributed by atoms with Crippen LogP contribution < -0.4 is 10.6 Å². The molecule has 0 spiro atoms. The summed E-state index contributed by atoms with van der Waals surface area (Å²) in [6.07, 6.45) is 1.69. The summed E-state index contributed by atoms with van der Waals surface area (Å²) in [5, 5.41) is 7.35. The number of allylic oxidation sites excluding steroid dienone is 2. The van der Waals surface area contributed by atoms with Crippen LogP contribution in [0.5, 0.6) is 0 Å². The maximum atomic E-state index is 5.37.